The van der Waals surface area contributed by atoms with Crippen LogP contribution < -0.4 is 5.90 Å². The van der Waals surface area contributed by atoms with Gasteiger partial charge in [0, 0.05) is 13.2 Å². The summed E-state index contributed by atoms with van der Waals surface area (Å²) in [5.41, 5.74) is 0. The van der Waals surface area contributed by atoms with Crippen LogP contribution >= 0.6 is 0 Å². The highest BCUT2D eigenvalue weighted by Crippen LogP contribution is 1.80. The maximum Gasteiger partial charge on any atom is 0.0701 e. The van der Waals surface area contributed by atoms with Crippen LogP contribution in [0.15, 0.2) is 0 Å². The summed E-state index contributed by atoms with van der Waals surface area (Å²) in [6.45, 7) is 4.06. The maximum atomic E-state index is 5.00. The number of hydrogen-bond donors (Lipinski definition) is 1. The highest BCUT2D eigenvalue weighted by atomic mass is 16.6. The van der Waals surface area contributed by atoms with E-state index in [-0.39, 0.29) is 0 Å². The third-order valence-electron chi connectivity index (χ3n) is 0.755. The first-order valence-corrected chi connectivity index (χ1v) is 2.81. The molecule has 3 heteroatoms. The third kappa shape index (κ3) is 5.88. The third-order valence-corrected chi connectivity index (χ3v) is 0.755. The molecule has 8 heavy (non-hydrogen) atoms. The van der Waals surface area contributed by atoms with Crippen molar-refractivity contribution in [3.63, 3.8) is 0 Å². The van der Waals surface area contributed by atoms with Crippen LogP contribution in [0.2, 0.25) is 0 Å². The molecule has 0 aromatic heterocycles. The molecule has 0 aliphatic carbocycles. The van der Waals surface area contributed by atoms with E-state index in [4.69, 9.17) is 10.6 Å². The molecule has 0 radical (unpaired) electrons. The van der Waals surface area contributed by atoms with E-state index in [0.717, 1.165) is 19.6 Å². The molecule has 2 N–H and O–H groups in total. The van der Waals surface area contributed by atoms with E-state index < -0.39 is 0 Å². The van der Waals surface area contributed by atoms with E-state index >= 15 is 0 Å². The Morgan fingerprint density at radius 3 is 2.62 bits per heavy atom. The van der Waals surface area contributed by atoms with Crippen molar-refractivity contribution in [3.05, 3.63) is 0 Å². The molecule has 0 bridgehead atoms. The molecule has 0 saturated heterocycles. The van der Waals surface area contributed by atoms with E-state index in [9.17, 15) is 0 Å². The molecule has 0 aliphatic heterocycles. The first-order chi connectivity index (χ1) is 3.91. The minimum Gasteiger partial charge on any atom is -0.382 e. The summed E-state index contributed by atoms with van der Waals surface area (Å²) in [4.78, 5) is 4.31. The second kappa shape index (κ2) is 6.88. The second-order valence-corrected chi connectivity index (χ2v) is 1.42. The lowest BCUT2D eigenvalue weighted by molar-refractivity contribution is 0.0888. The van der Waals surface area contributed by atoms with Gasteiger partial charge < -0.3 is 9.57 Å². The normalized spacial score (nSPS) is 9.75. The molecule has 3 nitrogen and oxygen atoms in total. The van der Waals surface area contributed by atoms with Gasteiger partial charge in [-0.1, -0.05) is 0 Å². The van der Waals surface area contributed by atoms with Gasteiger partial charge in [0.25, 0.3) is 0 Å². The molecule has 0 fully saturated rings. The molecule has 0 aliphatic rings. The zero-order chi connectivity index (χ0) is 6.24. The van der Waals surface area contributed by atoms with Crippen LogP contribution in [-0.4, -0.2) is 19.8 Å². The molecule has 0 aromatic carbocycles. The number of nitrogens with two attached hydrogens (primary N) is 1. The Hall–Kier alpha value is -0.120. The first kappa shape index (κ1) is 7.88. The minimum atomic E-state index is 0.583. The van der Waals surface area contributed by atoms with Gasteiger partial charge in [-0.15, -0.1) is 0 Å². The molecule has 0 aromatic rings. The van der Waals surface area contributed by atoms with E-state index in [0.29, 0.717) is 6.61 Å². The van der Waals surface area contributed by atoms with Gasteiger partial charge in [-0.05, 0) is 13.3 Å². The Labute approximate surface area is 49.7 Å². The first-order valence-electron chi connectivity index (χ1n) is 2.81. The predicted octanol–water partition coefficient (Wildman–Crippen LogP) is 0.303. The quantitative estimate of drug-likeness (QED) is 0.418. The smallest absolute Gasteiger partial charge is 0.0701 e. The SMILES string of the molecule is CCOCCCON. The van der Waals surface area contributed by atoms with Gasteiger partial charge in [-0.3, -0.25) is 0 Å². The van der Waals surface area contributed by atoms with Crippen LogP contribution in [-0.2, 0) is 9.57 Å². The number of ether oxygens (including phenoxy) is 1. The summed E-state index contributed by atoms with van der Waals surface area (Å²) in [5.74, 6) is 4.76. The van der Waals surface area contributed by atoms with Crippen molar-refractivity contribution in [1.82, 2.24) is 0 Å². The van der Waals surface area contributed by atoms with Gasteiger partial charge in [-0.2, -0.15) is 0 Å². The summed E-state index contributed by atoms with van der Waals surface area (Å²) < 4.78 is 5.00. The lowest BCUT2D eigenvalue weighted by atomic mass is 10.5. The van der Waals surface area contributed by atoms with Crippen molar-refractivity contribution >= 4 is 0 Å². The Kier molecular flexibility index (Phi) is 6.78. The highest BCUT2D eigenvalue weighted by molar-refractivity contribution is 4.29. The largest absolute Gasteiger partial charge is 0.382 e. The molecular formula is C5H13NO2. The van der Waals surface area contributed by atoms with Gasteiger partial charge in [0.15, 0.2) is 0 Å². The van der Waals surface area contributed by atoms with Crippen LogP contribution in [0, 0.1) is 0 Å². The topological polar surface area (TPSA) is 44.5 Å². The molecule has 50 valence electrons. The monoisotopic (exact) mass is 119 g/mol. The molecule has 0 rings (SSSR count). The zero-order valence-electron chi connectivity index (χ0n) is 5.22. The van der Waals surface area contributed by atoms with Crippen molar-refractivity contribution in [1.29, 1.82) is 0 Å². The van der Waals surface area contributed by atoms with Crippen LogP contribution in [0.5, 0.6) is 0 Å². The van der Waals surface area contributed by atoms with Crippen molar-refractivity contribution in [3.8, 4) is 0 Å². The van der Waals surface area contributed by atoms with E-state index in [1.165, 1.54) is 0 Å². The van der Waals surface area contributed by atoms with Gasteiger partial charge in [-0.25, -0.2) is 5.90 Å². The van der Waals surface area contributed by atoms with Crippen LogP contribution in [0.1, 0.15) is 13.3 Å². The fraction of sp³-hybridized carbons (Fsp3) is 1.00. The Balaban J connectivity index is 2.53. The highest BCUT2D eigenvalue weighted by Gasteiger charge is 1.82. The van der Waals surface area contributed by atoms with E-state index in [2.05, 4.69) is 4.84 Å². The maximum absolute atomic E-state index is 5.00. The Morgan fingerprint density at radius 2 is 2.12 bits per heavy atom. The number of hydrogen-bond acceptors (Lipinski definition) is 3. The van der Waals surface area contributed by atoms with Crippen molar-refractivity contribution < 1.29 is 9.57 Å². The fourth-order valence-electron chi connectivity index (χ4n) is 0.389. The predicted molar refractivity (Wildman–Crippen MR) is 31.2 cm³/mol. The standard InChI is InChI=1S/C5H13NO2/c1-2-7-4-3-5-8-6/h2-6H2,1H3. The van der Waals surface area contributed by atoms with Crippen molar-refractivity contribution in [2.24, 2.45) is 5.90 Å². The van der Waals surface area contributed by atoms with Crippen molar-refractivity contribution in [2.45, 2.75) is 13.3 Å². The fourth-order valence-corrected chi connectivity index (χ4v) is 0.389. The lowest BCUT2D eigenvalue weighted by Gasteiger charge is -1.97. The molecule has 0 spiro atoms. The van der Waals surface area contributed by atoms with E-state index in [1.54, 1.807) is 0 Å². The summed E-state index contributed by atoms with van der Waals surface area (Å²) >= 11 is 0. The number of rotatable bonds is 5. The van der Waals surface area contributed by atoms with Crippen LogP contribution in [0.4, 0.5) is 0 Å². The van der Waals surface area contributed by atoms with Gasteiger partial charge in [0.2, 0.25) is 0 Å². The van der Waals surface area contributed by atoms with Gasteiger partial charge >= 0.3 is 0 Å². The molecule has 0 amide bonds. The minimum absolute atomic E-state index is 0.583. The molecule has 0 saturated carbocycles. The van der Waals surface area contributed by atoms with Gasteiger partial charge in [0.05, 0.1) is 6.61 Å². The van der Waals surface area contributed by atoms with Crippen molar-refractivity contribution in [2.75, 3.05) is 19.8 Å². The second-order valence-electron chi connectivity index (χ2n) is 1.42. The molecule has 0 unspecified atom stereocenters. The summed E-state index contributed by atoms with van der Waals surface area (Å²) in [6, 6.07) is 0. The average Bonchev–Trinajstić information content (AvgIpc) is 1.81. The van der Waals surface area contributed by atoms with Crippen LogP contribution in [0.25, 0.3) is 0 Å². The van der Waals surface area contributed by atoms with Crippen LogP contribution in [0.3, 0.4) is 0 Å². The molecular weight excluding hydrogens is 106 g/mol. The zero-order valence-corrected chi connectivity index (χ0v) is 5.22. The lowest BCUT2D eigenvalue weighted by Crippen LogP contribution is -2.04. The summed E-state index contributed by atoms with van der Waals surface area (Å²) in [5, 5.41) is 0. The van der Waals surface area contributed by atoms with Gasteiger partial charge in [0.1, 0.15) is 0 Å². The summed E-state index contributed by atoms with van der Waals surface area (Å²) in [7, 11) is 0. The Bertz CT molecular complexity index is 35.4. The average molecular weight is 119 g/mol. The molecule has 0 atom stereocenters. The molecule has 0 heterocycles. The Morgan fingerprint density at radius 1 is 1.38 bits per heavy atom. The van der Waals surface area contributed by atoms with E-state index in [1.807, 2.05) is 6.92 Å². The summed E-state index contributed by atoms with van der Waals surface area (Å²) in [6.07, 6.45) is 0.879.